The van der Waals surface area contributed by atoms with E-state index >= 15 is 0 Å². The molecule has 4 aromatic rings. The highest BCUT2D eigenvalue weighted by Gasteiger charge is 2.54. The van der Waals surface area contributed by atoms with Crippen molar-refractivity contribution < 1.29 is 28.2 Å². The minimum atomic E-state index is -0.837. The molecule has 31 heavy (non-hydrogen) atoms. The van der Waals surface area contributed by atoms with Crippen LogP contribution in [-0.4, -0.2) is 25.0 Å². The van der Waals surface area contributed by atoms with Gasteiger partial charge in [-0.3, -0.25) is 4.79 Å². The second kappa shape index (κ2) is 5.91. The van der Waals surface area contributed by atoms with Gasteiger partial charge in [0.25, 0.3) is 0 Å². The molecule has 0 spiro atoms. The number of ether oxygens (including phenoxy) is 4. The Bertz CT molecular complexity index is 1480. The number of hydrogen-bond acceptors (Lipinski definition) is 7. The molecule has 0 bridgehead atoms. The second-order valence-electron chi connectivity index (χ2n) is 8.35. The van der Waals surface area contributed by atoms with Crippen LogP contribution in [0.25, 0.3) is 32.7 Å². The minimum Gasteiger partial charge on any atom is -0.495 e. The summed E-state index contributed by atoms with van der Waals surface area (Å²) in [4.78, 5) is 25.5. The first-order valence-electron chi connectivity index (χ1n) is 9.94. The van der Waals surface area contributed by atoms with E-state index in [1.54, 1.807) is 6.07 Å². The van der Waals surface area contributed by atoms with Crippen LogP contribution >= 0.6 is 0 Å². The Morgan fingerprint density at radius 1 is 0.968 bits per heavy atom. The molecule has 2 aliphatic heterocycles. The molecular weight excluding hydrogens is 400 g/mol. The summed E-state index contributed by atoms with van der Waals surface area (Å²) in [5, 5.41) is 2.62. The lowest BCUT2D eigenvalue weighted by Gasteiger charge is -2.38. The average Bonchev–Trinajstić information content (AvgIpc) is 3.14. The normalized spacial score (nSPS) is 21.3. The minimum absolute atomic E-state index is 0.228. The van der Waals surface area contributed by atoms with Crippen molar-refractivity contribution in [1.29, 1.82) is 0 Å². The van der Waals surface area contributed by atoms with Crippen molar-refractivity contribution in [1.82, 2.24) is 0 Å². The molecule has 0 unspecified atom stereocenters. The molecule has 1 saturated heterocycles. The van der Waals surface area contributed by atoms with Crippen LogP contribution in [-0.2, 0) is 9.47 Å². The molecule has 7 nitrogen and oxygen atoms in total. The Morgan fingerprint density at radius 3 is 2.45 bits per heavy atom. The fraction of sp³-hybridized carbons (Fsp3) is 0.250. The van der Waals surface area contributed by atoms with Crippen molar-refractivity contribution in [3.63, 3.8) is 0 Å². The van der Waals surface area contributed by atoms with Gasteiger partial charge in [-0.25, -0.2) is 4.79 Å². The van der Waals surface area contributed by atoms with Crippen LogP contribution in [0, 0.1) is 0 Å². The largest absolute Gasteiger partial charge is 0.509 e. The second-order valence-corrected chi connectivity index (χ2v) is 8.35. The van der Waals surface area contributed by atoms with E-state index in [9.17, 15) is 9.59 Å². The lowest BCUT2D eigenvalue weighted by atomic mass is 9.87. The first-order valence-corrected chi connectivity index (χ1v) is 9.94. The summed E-state index contributed by atoms with van der Waals surface area (Å²) < 4.78 is 28.8. The highest BCUT2D eigenvalue weighted by atomic mass is 16.8. The monoisotopic (exact) mass is 418 g/mol. The van der Waals surface area contributed by atoms with Crippen LogP contribution < -0.4 is 14.9 Å². The van der Waals surface area contributed by atoms with Gasteiger partial charge in [0, 0.05) is 6.07 Å². The summed E-state index contributed by atoms with van der Waals surface area (Å²) in [5.74, 6) is 0.692. The molecule has 3 heterocycles. The van der Waals surface area contributed by atoms with Crippen molar-refractivity contribution >= 4 is 38.9 Å². The van der Waals surface area contributed by atoms with Gasteiger partial charge in [0.1, 0.15) is 33.7 Å². The van der Waals surface area contributed by atoms with Gasteiger partial charge in [0.15, 0.2) is 12.2 Å². The zero-order valence-corrected chi connectivity index (χ0v) is 17.1. The summed E-state index contributed by atoms with van der Waals surface area (Å²) in [6.07, 6.45) is -2.20. The summed E-state index contributed by atoms with van der Waals surface area (Å²) in [5.41, 5.74) is 0.214. The van der Waals surface area contributed by atoms with Gasteiger partial charge in [-0.15, -0.1) is 0 Å². The highest BCUT2D eigenvalue weighted by molar-refractivity contribution is 6.01. The smallest absolute Gasteiger partial charge is 0.495 e. The van der Waals surface area contributed by atoms with E-state index in [0.29, 0.717) is 27.9 Å². The summed E-state index contributed by atoms with van der Waals surface area (Å²) >= 11 is 0. The first kappa shape index (κ1) is 18.1. The van der Waals surface area contributed by atoms with E-state index in [0.717, 1.165) is 10.8 Å². The first-order chi connectivity index (χ1) is 14.9. The van der Waals surface area contributed by atoms with E-state index in [2.05, 4.69) is 0 Å². The van der Waals surface area contributed by atoms with E-state index in [1.165, 1.54) is 7.11 Å². The van der Waals surface area contributed by atoms with Crippen LogP contribution in [0.5, 0.6) is 11.5 Å². The Hall–Kier alpha value is -3.74. The quantitative estimate of drug-likeness (QED) is 0.322. The molecule has 2 atom stereocenters. The number of methoxy groups -OCH3 is 1. The molecule has 6 rings (SSSR count). The SMILES string of the molecule is COc1c2c(cc3oc4cc5ccccc5cc4c(=O)c13)OC(C)(C)[C@H]1OC(=O)O[C@@H]21. The van der Waals surface area contributed by atoms with Gasteiger partial charge < -0.3 is 23.4 Å². The van der Waals surface area contributed by atoms with Gasteiger partial charge >= 0.3 is 6.16 Å². The highest BCUT2D eigenvalue weighted by Crippen LogP contribution is 2.52. The molecule has 0 amide bonds. The fourth-order valence-corrected chi connectivity index (χ4v) is 4.64. The summed E-state index contributed by atoms with van der Waals surface area (Å²) in [6.45, 7) is 3.63. The Morgan fingerprint density at radius 2 is 1.71 bits per heavy atom. The molecule has 0 N–H and O–H groups in total. The Labute approximate surface area is 176 Å². The average molecular weight is 418 g/mol. The fourth-order valence-electron chi connectivity index (χ4n) is 4.64. The Balaban J connectivity index is 1.72. The van der Waals surface area contributed by atoms with Crippen molar-refractivity contribution in [2.45, 2.75) is 31.7 Å². The molecule has 0 saturated carbocycles. The standard InChI is InChI=1S/C24H18O7/c1-24(2)22-21(29-23(26)30-22)18-16(31-24)10-15-17(20(18)27-3)19(25)13-8-11-6-4-5-7-12(11)9-14(13)28-15/h4-10,21-22H,1-3H3/t21-,22-/m0/s1. The Kier molecular flexibility index (Phi) is 3.44. The number of hydrogen-bond donors (Lipinski definition) is 0. The predicted molar refractivity (Wildman–Crippen MR) is 113 cm³/mol. The topological polar surface area (TPSA) is 84.2 Å². The van der Waals surface area contributed by atoms with E-state index in [4.69, 9.17) is 23.4 Å². The van der Waals surface area contributed by atoms with E-state index in [1.807, 2.05) is 50.2 Å². The third kappa shape index (κ3) is 2.40. The van der Waals surface area contributed by atoms with Crippen molar-refractivity contribution in [2.75, 3.05) is 7.11 Å². The van der Waals surface area contributed by atoms with Gasteiger partial charge in [0.05, 0.1) is 18.1 Å². The summed E-state index contributed by atoms with van der Waals surface area (Å²) in [7, 11) is 1.46. The number of carbonyl (C=O) groups excluding carboxylic acids is 1. The molecule has 2 aliphatic rings. The van der Waals surface area contributed by atoms with E-state index in [-0.39, 0.29) is 16.6 Å². The molecular formula is C24H18O7. The number of benzene rings is 3. The van der Waals surface area contributed by atoms with Gasteiger partial charge in [-0.05, 0) is 36.8 Å². The maximum absolute atomic E-state index is 13.6. The van der Waals surface area contributed by atoms with Gasteiger partial charge in [0.2, 0.25) is 5.43 Å². The summed E-state index contributed by atoms with van der Waals surface area (Å²) in [6, 6.07) is 13.1. The number of carbonyl (C=O) groups is 1. The molecule has 3 aromatic carbocycles. The zero-order chi connectivity index (χ0) is 21.5. The molecule has 0 radical (unpaired) electrons. The van der Waals surface area contributed by atoms with Gasteiger partial charge in [-0.2, -0.15) is 0 Å². The molecule has 156 valence electrons. The zero-order valence-electron chi connectivity index (χ0n) is 17.1. The van der Waals surface area contributed by atoms with Crippen LogP contribution in [0.3, 0.4) is 0 Å². The van der Waals surface area contributed by atoms with Gasteiger partial charge in [-0.1, -0.05) is 24.3 Å². The maximum atomic E-state index is 13.6. The maximum Gasteiger partial charge on any atom is 0.509 e. The van der Waals surface area contributed by atoms with E-state index < -0.39 is 24.0 Å². The predicted octanol–water partition coefficient (Wildman–Crippen LogP) is 4.86. The lowest BCUT2D eigenvalue weighted by molar-refractivity contribution is -0.0510. The van der Waals surface area contributed by atoms with Crippen LogP contribution in [0.1, 0.15) is 25.5 Å². The molecule has 1 aromatic heterocycles. The van der Waals surface area contributed by atoms with Crippen molar-refractivity contribution in [3.8, 4) is 11.5 Å². The molecule has 1 fully saturated rings. The third-order valence-corrected chi connectivity index (χ3v) is 6.05. The van der Waals surface area contributed by atoms with Crippen LogP contribution in [0.15, 0.2) is 51.7 Å². The molecule has 0 aliphatic carbocycles. The van der Waals surface area contributed by atoms with Crippen LogP contribution in [0.4, 0.5) is 4.79 Å². The van der Waals surface area contributed by atoms with Crippen molar-refractivity contribution in [3.05, 3.63) is 58.3 Å². The molecule has 7 heteroatoms. The number of fused-ring (bicyclic) bond motifs is 6. The van der Waals surface area contributed by atoms with Crippen LogP contribution in [0.2, 0.25) is 0 Å². The lowest BCUT2D eigenvalue weighted by Crippen LogP contribution is -2.48. The third-order valence-electron chi connectivity index (χ3n) is 6.05. The number of rotatable bonds is 1. The van der Waals surface area contributed by atoms with Crippen molar-refractivity contribution in [2.24, 2.45) is 0 Å².